The van der Waals surface area contributed by atoms with Crippen LogP contribution in [0, 0.1) is 0 Å². The standard InChI is InChI=1S/C19H24ClN3O4/c1-23(11-4-2-3-5-11)18-12-7-6-10(8-13(12)21-19(20)22-18)17-16(26)15(25)14(9-24)27-17/h6-8,11,14-17,24-26H,2-5,9H2,1H3/t14-,15-,16+,17+/m1/s1. The molecule has 2 fully saturated rings. The summed E-state index contributed by atoms with van der Waals surface area (Å²) >= 11 is 6.18. The summed E-state index contributed by atoms with van der Waals surface area (Å²) in [5.41, 5.74) is 1.33. The smallest absolute Gasteiger partial charge is 0.224 e. The molecule has 0 bridgehead atoms. The molecule has 7 nitrogen and oxygen atoms in total. The monoisotopic (exact) mass is 393 g/mol. The summed E-state index contributed by atoms with van der Waals surface area (Å²) in [4.78, 5) is 11.0. The Morgan fingerprint density at radius 1 is 1.19 bits per heavy atom. The molecule has 1 aromatic carbocycles. The second-order valence-electron chi connectivity index (χ2n) is 7.40. The molecule has 1 aliphatic heterocycles. The molecule has 8 heteroatoms. The molecule has 27 heavy (non-hydrogen) atoms. The molecule has 1 aliphatic carbocycles. The van der Waals surface area contributed by atoms with Gasteiger partial charge in [-0.1, -0.05) is 18.9 Å². The second kappa shape index (κ2) is 7.48. The number of fused-ring (bicyclic) bond motifs is 1. The van der Waals surface area contributed by atoms with E-state index >= 15 is 0 Å². The number of aliphatic hydroxyl groups is 3. The number of halogens is 1. The summed E-state index contributed by atoms with van der Waals surface area (Å²) in [6, 6.07) is 5.98. The molecule has 0 spiro atoms. The maximum Gasteiger partial charge on any atom is 0.224 e. The zero-order chi connectivity index (χ0) is 19.1. The van der Waals surface area contributed by atoms with Crippen LogP contribution < -0.4 is 4.90 Å². The molecule has 2 aliphatic rings. The molecule has 0 unspecified atom stereocenters. The Bertz CT molecular complexity index is 830. The molecular formula is C19H24ClN3O4. The van der Waals surface area contributed by atoms with Crippen LogP contribution in [0.3, 0.4) is 0 Å². The van der Waals surface area contributed by atoms with Crippen LogP contribution in [0.1, 0.15) is 37.4 Å². The molecule has 1 saturated heterocycles. The van der Waals surface area contributed by atoms with E-state index in [4.69, 9.17) is 16.3 Å². The first kappa shape index (κ1) is 18.8. The van der Waals surface area contributed by atoms with E-state index in [1.165, 1.54) is 12.8 Å². The lowest BCUT2D eigenvalue weighted by Gasteiger charge is -2.26. The third-order valence-corrected chi connectivity index (χ3v) is 5.92. The van der Waals surface area contributed by atoms with Crippen molar-refractivity contribution in [3.63, 3.8) is 0 Å². The van der Waals surface area contributed by atoms with Crippen molar-refractivity contribution in [2.45, 2.75) is 56.1 Å². The van der Waals surface area contributed by atoms with Crippen molar-refractivity contribution in [3.8, 4) is 0 Å². The van der Waals surface area contributed by atoms with Crippen LogP contribution in [-0.2, 0) is 4.74 Å². The van der Waals surface area contributed by atoms with Gasteiger partial charge in [0.15, 0.2) is 0 Å². The number of rotatable bonds is 4. The van der Waals surface area contributed by atoms with Crippen molar-refractivity contribution >= 4 is 28.3 Å². The average molecular weight is 394 g/mol. The summed E-state index contributed by atoms with van der Waals surface area (Å²) in [7, 11) is 2.04. The van der Waals surface area contributed by atoms with Crippen LogP contribution in [0.2, 0.25) is 5.28 Å². The van der Waals surface area contributed by atoms with Crippen LogP contribution in [0.4, 0.5) is 5.82 Å². The highest BCUT2D eigenvalue weighted by Crippen LogP contribution is 2.36. The topological polar surface area (TPSA) is 98.9 Å². The number of anilines is 1. The lowest BCUT2D eigenvalue weighted by atomic mass is 10.00. The Kier molecular flexibility index (Phi) is 5.22. The summed E-state index contributed by atoms with van der Waals surface area (Å²) in [5, 5.41) is 30.6. The predicted octanol–water partition coefficient (Wildman–Crippen LogP) is 1.82. The molecule has 1 aromatic heterocycles. The largest absolute Gasteiger partial charge is 0.394 e. The highest BCUT2D eigenvalue weighted by atomic mass is 35.5. The predicted molar refractivity (Wildman–Crippen MR) is 102 cm³/mol. The van der Waals surface area contributed by atoms with Gasteiger partial charge in [0.1, 0.15) is 30.2 Å². The lowest BCUT2D eigenvalue weighted by molar-refractivity contribution is -0.0227. The van der Waals surface area contributed by atoms with E-state index in [-0.39, 0.29) is 11.9 Å². The minimum Gasteiger partial charge on any atom is -0.394 e. The van der Waals surface area contributed by atoms with Crippen LogP contribution in [0.5, 0.6) is 0 Å². The number of hydrogen-bond donors (Lipinski definition) is 3. The molecule has 2 aromatic rings. The number of hydrogen-bond acceptors (Lipinski definition) is 7. The van der Waals surface area contributed by atoms with Gasteiger partial charge in [0.05, 0.1) is 12.1 Å². The number of ether oxygens (including phenoxy) is 1. The van der Waals surface area contributed by atoms with Crippen molar-refractivity contribution in [1.29, 1.82) is 0 Å². The molecular weight excluding hydrogens is 370 g/mol. The van der Waals surface area contributed by atoms with Gasteiger partial charge in [0.2, 0.25) is 5.28 Å². The highest BCUT2D eigenvalue weighted by Gasteiger charge is 2.43. The number of aromatic nitrogens is 2. The van der Waals surface area contributed by atoms with Gasteiger partial charge in [-0.25, -0.2) is 4.98 Å². The first-order valence-electron chi connectivity index (χ1n) is 9.32. The minimum absolute atomic E-state index is 0.167. The molecule has 0 amide bonds. The molecule has 1 saturated carbocycles. The third kappa shape index (κ3) is 3.39. The third-order valence-electron chi connectivity index (χ3n) is 5.75. The Morgan fingerprint density at radius 2 is 1.93 bits per heavy atom. The SMILES string of the molecule is CN(c1nc(Cl)nc2cc([C@@H]3O[C@H](CO)[C@@H](O)[C@@H]3O)ccc12)C1CCCC1. The second-order valence-corrected chi connectivity index (χ2v) is 7.74. The van der Waals surface area contributed by atoms with E-state index in [2.05, 4.69) is 14.9 Å². The maximum absolute atomic E-state index is 10.3. The van der Waals surface area contributed by atoms with E-state index in [1.54, 1.807) is 6.07 Å². The zero-order valence-corrected chi connectivity index (χ0v) is 15.9. The van der Waals surface area contributed by atoms with E-state index in [0.717, 1.165) is 24.0 Å². The number of benzene rings is 1. The van der Waals surface area contributed by atoms with Gasteiger partial charge < -0.3 is 25.0 Å². The fourth-order valence-corrected chi connectivity index (χ4v) is 4.36. The molecule has 3 N–H and O–H groups in total. The first-order valence-corrected chi connectivity index (χ1v) is 9.70. The Labute approximate surface area is 162 Å². The van der Waals surface area contributed by atoms with E-state index in [0.29, 0.717) is 17.1 Å². The fraction of sp³-hybridized carbons (Fsp3) is 0.579. The summed E-state index contributed by atoms with van der Waals surface area (Å²) in [6.07, 6.45) is 0.944. The molecule has 0 radical (unpaired) electrons. The van der Waals surface area contributed by atoms with Gasteiger partial charge in [-0.15, -0.1) is 0 Å². The maximum atomic E-state index is 10.3. The van der Waals surface area contributed by atoms with Crippen molar-refractivity contribution in [2.75, 3.05) is 18.6 Å². The lowest BCUT2D eigenvalue weighted by Crippen LogP contribution is -2.32. The van der Waals surface area contributed by atoms with Crippen molar-refractivity contribution < 1.29 is 20.1 Å². The van der Waals surface area contributed by atoms with Crippen LogP contribution in [0.25, 0.3) is 10.9 Å². The molecule has 4 rings (SSSR count). The average Bonchev–Trinajstić information content (AvgIpc) is 3.29. The van der Waals surface area contributed by atoms with E-state index in [9.17, 15) is 15.3 Å². The van der Waals surface area contributed by atoms with Crippen molar-refractivity contribution in [1.82, 2.24) is 9.97 Å². The van der Waals surface area contributed by atoms with Crippen LogP contribution in [-0.4, -0.2) is 63.3 Å². The first-order chi connectivity index (χ1) is 13.0. The molecule has 2 heterocycles. The summed E-state index contributed by atoms with van der Waals surface area (Å²) in [6.45, 7) is -0.355. The minimum atomic E-state index is -1.13. The zero-order valence-electron chi connectivity index (χ0n) is 15.1. The van der Waals surface area contributed by atoms with Crippen molar-refractivity contribution in [3.05, 3.63) is 29.0 Å². The van der Waals surface area contributed by atoms with Gasteiger partial charge in [0.25, 0.3) is 0 Å². The van der Waals surface area contributed by atoms with Gasteiger partial charge in [-0.2, -0.15) is 4.98 Å². The Balaban J connectivity index is 1.71. The molecule has 4 atom stereocenters. The number of aliphatic hydroxyl groups excluding tert-OH is 3. The van der Waals surface area contributed by atoms with Gasteiger partial charge in [-0.3, -0.25) is 0 Å². The van der Waals surface area contributed by atoms with E-state index < -0.39 is 24.4 Å². The normalized spacial score (nSPS) is 28.9. The van der Waals surface area contributed by atoms with Gasteiger partial charge in [-0.05, 0) is 42.1 Å². The highest BCUT2D eigenvalue weighted by molar-refractivity contribution is 6.28. The Hall–Kier alpha value is -1.51. The molecule has 146 valence electrons. The number of nitrogens with zero attached hydrogens (tertiary/aromatic N) is 3. The van der Waals surface area contributed by atoms with Crippen LogP contribution in [0.15, 0.2) is 18.2 Å². The fourth-order valence-electron chi connectivity index (χ4n) is 4.19. The van der Waals surface area contributed by atoms with Crippen molar-refractivity contribution in [2.24, 2.45) is 0 Å². The summed E-state index contributed by atoms with van der Waals surface area (Å²) < 4.78 is 5.62. The Morgan fingerprint density at radius 3 is 2.59 bits per heavy atom. The summed E-state index contributed by atoms with van der Waals surface area (Å²) in [5.74, 6) is 0.796. The van der Waals surface area contributed by atoms with E-state index in [1.807, 2.05) is 19.2 Å². The van der Waals surface area contributed by atoms with Crippen LogP contribution >= 0.6 is 11.6 Å². The van der Waals surface area contributed by atoms with Gasteiger partial charge >= 0.3 is 0 Å². The van der Waals surface area contributed by atoms with Gasteiger partial charge in [0, 0.05) is 18.5 Å². The quantitative estimate of drug-likeness (QED) is 0.681.